The van der Waals surface area contributed by atoms with Crippen LogP contribution < -0.4 is 11.5 Å². The van der Waals surface area contributed by atoms with Crippen LogP contribution >= 0.6 is 0 Å². The molecule has 13 heavy (non-hydrogen) atoms. The Kier molecular flexibility index (Phi) is 3.35. The predicted octanol–water partition coefficient (Wildman–Crippen LogP) is -3.63. The molecule has 0 saturated heterocycles. The van der Waals surface area contributed by atoms with Gasteiger partial charge in [-0.15, -0.1) is 0 Å². The van der Waals surface area contributed by atoms with Crippen molar-refractivity contribution in [3.63, 3.8) is 0 Å². The molecule has 0 rings (SSSR count). The van der Waals surface area contributed by atoms with Gasteiger partial charge in [0, 0.05) is 0 Å². The van der Waals surface area contributed by atoms with Gasteiger partial charge in [-0.1, -0.05) is 0 Å². The molecule has 0 unspecified atom stereocenters. The molecular formula is C4H10N2O6S. The molecule has 0 saturated carbocycles. The minimum Gasteiger partial charge on any atom is -0.395 e. The topological polar surface area (TPSA) is 164 Å². The molecule has 0 aromatic heterocycles. The minimum absolute atomic E-state index is 1.23. The fourth-order valence-corrected chi connectivity index (χ4v) is 1.38. The molecule has 7 N–H and O–H groups in total. The summed E-state index contributed by atoms with van der Waals surface area (Å²) in [5.41, 5.74) is 6.33. The van der Waals surface area contributed by atoms with Crippen LogP contribution in [0.5, 0.6) is 0 Å². The summed E-state index contributed by atoms with van der Waals surface area (Å²) in [6.45, 7) is -1.23. The van der Waals surface area contributed by atoms with E-state index in [1.165, 1.54) is 0 Å². The summed E-state index contributed by atoms with van der Waals surface area (Å²) < 4.78 is 29.3. The maximum atomic E-state index is 10.5. The Labute approximate surface area is 73.9 Å². The summed E-state index contributed by atoms with van der Waals surface area (Å²) in [7, 11) is -4.84. The van der Waals surface area contributed by atoms with Crippen molar-refractivity contribution in [3.05, 3.63) is 0 Å². The molecule has 0 aromatic carbocycles. The molecule has 2 atom stereocenters. The van der Waals surface area contributed by atoms with E-state index in [1.807, 2.05) is 0 Å². The average molecular weight is 214 g/mol. The molecule has 0 aliphatic heterocycles. The lowest BCUT2D eigenvalue weighted by molar-refractivity contribution is -0.136. The fraction of sp³-hybridized carbons (Fsp3) is 0.750. The van der Waals surface area contributed by atoms with Crippen molar-refractivity contribution in [3.8, 4) is 0 Å². The van der Waals surface area contributed by atoms with E-state index in [-0.39, 0.29) is 0 Å². The van der Waals surface area contributed by atoms with Crippen molar-refractivity contribution in [1.29, 1.82) is 0 Å². The first-order valence-corrected chi connectivity index (χ1v) is 4.52. The lowest BCUT2D eigenvalue weighted by Crippen LogP contribution is -2.63. The minimum atomic E-state index is -4.84. The van der Waals surface area contributed by atoms with E-state index in [1.54, 1.807) is 0 Å². The molecule has 0 heterocycles. The SMILES string of the molecule is NC(=O)[C@@](N)(O)[C@H](CO)S(=O)(=O)O. The summed E-state index contributed by atoms with van der Waals surface area (Å²) >= 11 is 0. The largest absolute Gasteiger partial charge is 0.395 e. The molecule has 8 nitrogen and oxygen atoms in total. The van der Waals surface area contributed by atoms with Crippen LogP contribution in [0.2, 0.25) is 0 Å². The number of hydrogen-bond donors (Lipinski definition) is 5. The lowest BCUT2D eigenvalue weighted by atomic mass is 10.1. The van der Waals surface area contributed by atoms with E-state index in [9.17, 15) is 13.2 Å². The van der Waals surface area contributed by atoms with E-state index >= 15 is 0 Å². The average Bonchev–Trinajstić information content (AvgIpc) is 1.83. The zero-order valence-corrected chi connectivity index (χ0v) is 7.23. The Bertz CT molecular complexity index is 296. The smallest absolute Gasteiger partial charge is 0.274 e. The highest BCUT2D eigenvalue weighted by Crippen LogP contribution is 2.10. The summed E-state index contributed by atoms with van der Waals surface area (Å²) in [5, 5.41) is 15.2. The fourth-order valence-electron chi connectivity index (χ4n) is 0.619. The van der Waals surface area contributed by atoms with Crippen molar-refractivity contribution >= 4 is 16.0 Å². The monoisotopic (exact) mass is 214 g/mol. The third-order valence-corrected chi connectivity index (χ3v) is 2.64. The number of rotatable bonds is 4. The van der Waals surface area contributed by atoms with Crippen LogP contribution in [0.3, 0.4) is 0 Å². The van der Waals surface area contributed by atoms with Gasteiger partial charge in [0.05, 0.1) is 6.61 Å². The number of hydrogen-bond acceptors (Lipinski definition) is 6. The molecule has 0 radical (unpaired) electrons. The highest BCUT2D eigenvalue weighted by atomic mass is 32.2. The molecule has 9 heteroatoms. The van der Waals surface area contributed by atoms with Crippen LogP contribution in [0.4, 0.5) is 0 Å². The zero-order valence-electron chi connectivity index (χ0n) is 6.41. The van der Waals surface area contributed by atoms with Crippen LogP contribution in [-0.2, 0) is 14.9 Å². The van der Waals surface area contributed by atoms with Gasteiger partial charge < -0.3 is 15.9 Å². The van der Waals surface area contributed by atoms with Gasteiger partial charge in [-0.05, 0) is 0 Å². The zero-order chi connectivity index (χ0) is 10.9. The third kappa shape index (κ3) is 2.60. The van der Waals surface area contributed by atoms with E-state index in [2.05, 4.69) is 5.73 Å². The number of carbonyl (C=O) groups is 1. The molecule has 1 amide bonds. The summed E-state index contributed by atoms with van der Waals surface area (Å²) in [6, 6.07) is 0. The van der Waals surface area contributed by atoms with Crippen molar-refractivity contribution in [2.24, 2.45) is 11.5 Å². The quantitative estimate of drug-likeness (QED) is 0.238. The Morgan fingerprint density at radius 2 is 1.92 bits per heavy atom. The van der Waals surface area contributed by atoms with Gasteiger partial charge in [0.25, 0.3) is 16.0 Å². The van der Waals surface area contributed by atoms with Gasteiger partial charge in [-0.25, -0.2) is 0 Å². The number of aliphatic hydroxyl groups excluding tert-OH is 1. The maximum Gasteiger partial charge on any atom is 0.274 e. The van der Waals surface area contributed by atoms with Crippen LogP contribution in [0.1, 0.15) is 0 Å². The van der Waals surface area contributed by atoms with E-state index < -0.39 is 33.6 Å². The highest BCUT2D eigenvalue weighted by Gasteiger charge is 2.46. The van der Waals surface area contributed by atoms with Gasteiger partial charge >= 0.3 is 0 Å². The molecular weight excluding hydrogens is 204 g/mol. The Balaban J connectivity index is 5.12. The van der Waals surface area contributed by atoms with Gasteiger partial charge in [0.1, 0.15) is 0 Å². The maximum absolute atomic E-state index is 10.5. The molecule has 0 fully saturated rings. The first-order valence-electron chi connectivity index (χ1n) is 3.02. The summed E-state index contributed by atoms with van der Waals surface area (Å²) in [4.78, 5) is 10.4. The van der Waals surface area contributed by atoms with Gasteiger partial charge in [-0.3, -0.25) is 15.1 Å². The van der Waals surface area contributed by atoms with Crippen molar-refractivity contribution < 1.29 is 28.0 Å². The number of aliphatic hydroxyl groups is 2. The van der Waals surface area contributed by atoms with Crippen LogP contribution in [-0.4, -0.2) is 46.7 Å². The van der Waals surface area contributed by atoms with Crippen LogP contribution in [0.15, 0.2) is 0 Å². The Hall–Kier alpha value is -0.740. The highest BCUT2D eigenvalue weighted by molar-refractivity contribution is 7.86. The lowest BCUT2D eigenvalue weighted by Gasteiger charge is -2.25. The van der Waals surface area contributed by atoms with Crippen LogP contribution in [0.25, 0.3) is 0 Å². The number of primary amides is 1. The molecule has 0 spiro atoms. The number of amides is 1. The first kappa shape index (κ1) is 12.3. The van der Waals surface area contributed by atoms with Gasteiger partial charge in [0.2, 0.25) is 5.72 Å². The van der Waals surface area contributed by atoms with Crippen LogP contribution in [0, 0.1) is 0 Å². The summed E-state index contributed by atoms with van der Waals surface area (Å²) in [6.07, 6.45) is 0. The first-order chi connectivity index (χ1) is 5.64. The summed E-state index contributed by atoms with van der Waals surface area (Å²) in [5.74, 6) is -1.57. The second-order valence-electron chi connectivity index (χ2n) is 2.38. The van der Waals surface area contributed by atoms with Gasteiger partial charge in [-0.2, -0.15) is 8.42 Å². The van der Waals surface area contributed by atoms with E-state index in [0.717, 1.165) is 0 Å². The van der Waals surface area contributed by atoms with Gasteiger partial charge in [0.15, 0.2) is 5.25 Å². The number of carbonyl (C=O) groups excluding carboxylic acids is 1. The Morgan fingerprint density at radius 3 is 2.00 bits per heavy atom. The molecule has 78 valence electrons. The molecule has 0 aliphatic rings. The van der Waals surface area contributed by atoms with Crippen molar-refractivity contribution in [2.75, 3.05) is 6.61 Å². The molecule has 0 bridgehead atoms. The number of nitrogens with two attached hydrogens (primary N) is 2. The van der Waals surface area contributed by atoms with E-state index in [4.69, 9.17) is 20.5 Å². The van der Waals surface area contributed by atoms with Crippen molar-refractivity contribution in [2.45, 2.75) is 11.0 Å². The Morgan fingerprint density at radius 1 is 1.54 bits per heavy atom. The third-order valence-electron chi connectivity index (χ3n) is 1.41. The molecule has 0 aliphatic carbocycles. The van der Waals surface area contributed by atoms with E-state index in [0.29, 0.717) is 0 Å². The second-order valence-corrected chi connectivity index (χ2v) is 3.97. The second kappa shape index (κ2) is 3.55. The van der Waals surface area contributed by atoms with Crippen molar-refractivity contribution in [1.82, 2.24) is 0 Å². The standard InChI is InChI=1S/C4H10N2O6S/c5-3(8)4(6,9)2(1-7)13(10,11)12/h2,7,9H,1,6H2,(H2,5,8)(H,10,11,12)/t2-,4-/m0/s1. The molecule has 0 aromatic rings. The predicted molar refractivity (Wildman–Crippen MR) is 40.8 cm³/mol. The normalized spacial score (nSPS) is 19.1.